The molecule has 25 heavy (non-hydrogen) atoms. The van der Waals surface area contributed by atoms with E-state index >= 15 is 0 Å². The Labute approximate surface area is 151 Å². The lowest BCUT2D eigenvalue weighted by Crippen LogP contribution is -2.51. The summed E-state index contributed by atoms with van der Waals surface area (Å²) in [6.07, 6.45) is 6.02. The van der Waals surface area contributed by atoms with E-state index in [1.165, 1.54) is 0 Å². The van der Waals surface area contributed by atoms with Gasteiger partial charge in [0.1, 0.15) is 16.7 Å². The minimum absolute atomic E-state index is 0.00363. The molecule has 7 heteroatoms. The van der Waals surface area contributed by atoms with Crippen molar-refractivity contribution in [3.8, 4) is 6.07 Å². The molecular weight excluding hydrogens is 340 g/mol. The number of amides is 2. The summed E-state index contributed by atoms with van der Waals surface area (Å²) >= 11 is 5.85. The summed E-state index contributed by atoms with van der Waals surface area (Å²) in [5, 5.41) is 12.4. The van der Waals surface area contributed by atoms with Gasteiger partial charge in [-0.25, -0.2) is 4.98 Å². The Hall–Kier alpha value is -2.13. The number of halogens is 1. The minimum Gasteiger partial charge on any atom is -0.336 e. The highest BCUT2D eigenvalue weighted by Crippen LogP contribution is 2.50. The zero-order chi connectivity index (χ0) is 17.7. The fourth-order valence-electron chi connectivity index (χ4n) is 3.68. The first-order valence-electron chi connectivity index (χ1n) is 8.66. The van der Waals surface area contributed by atoms with Crippen LogP contribution in [-0.4, -0.2) is 39.8 Å². The number of aromatic nitrogens is 1. The normalized spacial score (nSPS) is 25.1. The molecule has 0 bridgehead atoms. The summed E-state index contributed by atoms with van der Waals surface area (Å²) in [5.74, 6) is -0.203. The van der Waals surface area contributed by atoms with E-state index in [0.717, 1.165) is 24.8 Å². The number of nitriles is 1. The molecule has 130 valence electrons. The quantitative estimate of drug-likeness (QED) is 0.833. The maximum absolute atomic E-state index is 13.2. The van der Waals surface area contributed by atoms with Crippen LogP contribution >= 0.6 is 11.6 Å². The van der Waals surface area contributed by atoms with Gasteiger partial charge in [0.2, 0.25) is 11.8 Å². The number of pyridine rings is 1. The van der Waals surface area contributed by atoms with Gasteiger partial charge in [0.05, 0.1) is 11.5 Å². The molecule has 0 spiro atoms. The monoisotopic (exact) mass is 358 g/mol. The Morgan fingerprint density at radius 3 is 2.64 bits per heavy atom. The van der Waals surface area contributed by atoms with Crippen molar-refractivity contribution in [1.29, 1.82) is 5.26 Å². The molecule has 1 N–H and O–H groups in total. The van der Waals surface area contributed by atoms with E-state index < -0.39 is 17.0 Å². The molecule has 2 heterocycles. The zero-order valence-electron chi connectivity index (χ0n) is 13.8. The molecule has 4 rings (SSSR count). The third-order valence-electron chi connectivity index (χ3n) is 5.58. The third kappa shape index (κ3) is 2.77. The van der Waals surface area contributed by atoms with Crippen molar-refractivity contribution >= 4 is 23.4 Å². The summed E-state index contributed by atoms with van der Waals surface area (Å²) in [6, 6.07) is 5.24. The lowest BCUT2D eigenvalue weighted by atomic mass is 9.95. The van der Waals surface area contributed by atoms with Crippen LogP contribution in [-0.2, 0) is 15.0 Å². The van der Waals surface area contributed by atoms with Crippen LogP contribution in [0.4, 0.5) is 0 Å². The van der Waals surface area contributed by atoms with Crippen LogP contribution in [0, 0.1) is 11.3 Å². The predicted molar refractivity (Wildman–Crippen MR) is 90.6 cm³/mol. The Morgan fingerprint density at radius 2 is 2.08 bits per heavy atom. The van der Waals surface area contributed by atoms with E-state index in [4.69, 9.17) is 11.6 Å². The molecule has 1 unspecified atom stereocenters. The SMILES string of the molecule is N#CC1(NC(=O)C2CCCN2C(=O)C2(c3ccc(Cl)nc3)CC2)CC1. The van der Waals surface area contributed by atoms with Gasteiger partial charge in [-0.2, -0.15) is 5.26 Å². The average molecular weight is 359 g/mol. The second-order valence-corrected chi connectivity index (χ2v) is 7.68. The van der Waals surface area contributed by atoms with E-state index in [-0.39, 0.29) is 11.8 Å². The average Bonchev–Trinajstić information content (AvgIpc) is 3.52. The van der Waals surface area contributed by atoms with Crippen LogP contribution in [0.25, 0.3) is 0 Å². The number of nitrogens with one attached hydrogen (secondary N) is 1. The number of rotatable bonds is 4. The number of likely N-dealkylation sites (tertiary alicyclic amines) is 1. The summed E-state index contributed by atoms with van der Waals surface area (Å²) in [6.45, 7) is 0.583. The highest BCUT2D eigenvalue weighted by Gasteiger charge is 2.56. The molecular formula is C18H19ClN4O2. The van der Waals surface area contributed by atoms with Crippen molar-refractivity contribution in [3.05, 3.63) is 29.0 Å². The molecule has 1 aromatic heterocycles. The standard InChI is InChI=1S/C18H19ClN4O2/c19-14-4-3-12(10-21-14)18(7-8-18)16(25)23-9-1-2-13(23)15(24)22-17(11-20)5-6-17/h3-4,10,13H,1-2,5-9H2,(H,22,24). The van der Waals surface area contributed by atoms with E-state index in [0.29, 0.717) is 31.0 Å². The van der Waals surface area contributed by atoms with Crippen LogP contribution < -0.4 is 5.32 Å². The van der Waals surface area contributed by atoms with Gasteiger partial charge in [-0.15, -0.1) is 0 Å². The predicted octanol–water partition coefficient (Wildman–Crippen LogP) is 1.93. The molecule has 1 aromatic rings. The molecule has 0 radical (unpaired) electrons. The zero-order valence-corrected chi connectivity index (χ0v) is 14.6. The highest BCUT2D eigenvalue weighted by molar-refractivity contribution is 6.29. The first-order valence-corrected chi connectivity index (χ1v) is 9.04. The first kappa shape index (κ1) is 16.3. The molecule has 2 saturated carbocycles. The second kappa shape index (κ2) is 5.70. The van der Waals surface area contributed by atoms with Crippen molar-refractivity contribution in [1.82, 2.24) is 15.2 Å². The van der Waals surface area contributed by atoms with E-state index in [9.17, 15) is 14.9 Å². The van der Waals surface area contributed by atoms with E-state index in [2.05, 4.69) is 16.4 Å². The summed E-state index contributed by atoms with van der Waals surface area (Å²) in [7, 11) is 0. The maximum Gasteiger partial charge on any atom is 0.244 e. The Balaban J connectivity index is 1.52. The van der Waals surface area contributed by atoms with E-state index in [1.54, 1.807) is 17.2 Å². The van der Waals surface area contributed by atoms with Gasteiger partial charge in [-0.3, -0.25) is 9.59 Å². The Bertz CT molecular complexity index is 762. The molecule has 2 aliphatic carbocycles. The van der Waals surface area contributed by atoms with Crippen LogP contribution in [0.5, 0.6) is 0 Å². The van der Waals surface area contributed by atoms with E-state index in [1.807, 2.05) is 6.07 Å². The van der Waals surface area contributed by atoms with Gasteiger partial charge in [0, 0.05) is 12.7 Å². The topological polar surface area (TPSA) is 86.1 Å². The summed E-state index contributed by atoms with van der Waals surface area (Å²) in [4.78, 5) is 31.6. The van der Waals surface area contributed by atoms with Gasteiger partial charge in [-0.1, -0.05) is 17.7 Å². The molecule has 2 amide bonds. The van der Waals surface area contributed by atoms with Gasteiger partial charge in [-0.05, 0) is 50.2 Å². The highest BCUT2D eigenvalue weighted by atomic mass is 35.5. The lowest BCUT2D eigenvalue weighted by molar-refractivity contribution is -0.140. The van der Waals surface area contributed by atoms with Crippen LogP contribution in [0.1, 0.15) is 44.1 Å². The minimum atomic E-state index is -0.703. The fourth-order valence-corrected chi connectivity index (χ4v) is 3.79. The van der Waals surface area contributed by atoms with Gasteiger partial charge in [0.25, 0.3) is 0 Å². The number of carbonyl (C=O) groups is 2. The number of hydrogen-bond acceptors (Lipinski definition) is 4. The van der Waals surface area contributed by atoms with Gasteiger partial charge < -0.3 is 10.2 Å². The summed E-state index contributed by atoms with van der Waals surface area (Å²) < 4.78 is 0. The molecule has 3 fully saturated rings. The third-order valence-corrected chi connectivity index (χ3v) is 5.81. The van der Waals surface area contributed by atoms with Crippen molar-refractivity contribution in [2.75, 3.05) is 6.54 Å². The molecule has 1 atom stereocenters. The molecule has 3 aliphatic rings. The van der Waals surface area contributed by atoms with Crippen molar-refractivity contribution in [2.45, 2.75) is 55.5 Å². The molecule has 1 aliphatic heterocycles. The number of carbonyl (C=O) groups excluding carboxylic acids is 2. The summed E-state index contributed by atoms with van der Waals surface area (Å²) in [5.41, 5.74) is -0.401. The Morgan fingerprint density at radius 1 is 1.32 bits per heavy atom. The van der Waals surface area contributed by atoms with Gasteiger partial charge >= 0.3 is 0 Å². The van der Waals surface area contributed by atoms with Crippen molar-refractivity contribution in [2.24, 2.45) is 0 Å². The van der Waals surface area contributed by atoms with Crippen LogP contribution in [0.2, 0.25) is 5.15 Å². The molecule has 0 aromatic carbocycles. The number of hydrogen-bond donors (Lipinski definition) is 1. The van der Waals surface area contributed by atoms with Crippen molar-refractivity contribution < 1.29 is 9.59 Å². The Kier molecular flexibility index (Phi) is 3.73. The van der Waals surface area contributed by atoms with Gasteiger partial charge in [0.15, 0.2) is 0 Å². The maximum atomic E-state index is 13.2. The molecule has 1 saturated heterocycles. The number of nitrogens with zero attached hydrogens (tertiary/aromatic N) is 3. The smallest absolute Gasteiger partial charge is 0.244 e. The second-order valence-electron chi connectivity index (χ2n) is 7.29. The largest absolute Gasteiger partial charge is 0.336 e. The van der Waals surface area contributed by atoms with Crippen LogP contribution in [0.15, 0.2) is 18.3 Å². The molecule has 6 nitrogen and oxygen atoms in total. The lowest BCUT2D eigenvalue weighted by Gasteiger charge is -2.29. The first-order chi connectivity index (χ1) is 12.0. The fraction of sp³-hybridized carbons (Fsp3) is 0.556. The van der Waals surface area contributed by atoms with Crippen LogP contribution in [0.3, 0.4) is 0 Å². The van der Waals surface area contributed by atoms with Crippen molar-refractivity contribution in [3.63, 3.8) is 0 Å².